The van der Waals surface area contributed by atoms with E-state index in [1.54, 1.807) is 0 Å². The Morgan fingerprint density at radius 2 is 1.90 bits per heavy atom. The molecule has 116 valence electrons. The van der Waals surface area contributed by atoms with Gasteiger partial charge in [-0.2, -0.15) is 0 Å². The van der Waals surface area contributed by atoms with Crippen molar-refractivity contribution < 1.29 is 19.7 Å². The molecule has 3 N–H and O–H groups in total. The van der Waals surface area contributed by atoms with Gasteiger partial charge in [0.1, 0.15) is 12.2 Å². The number of piperidine rings is 1. The standard InChI is InChI=1S/C16H23NO4/c1-16(2)20-12(8-10-6-4-3-5-7-10)13-15(21-16)14(19)11(18)9-17-13/h3-7,11-15,17-19H,8-9H2,1-2H3. The highest BCUT2D eigenvalue weighted by Gasteiger charge is 2.49. The van der Waals surface area contributed by atoms with E-state index in [1.165, 1.54) is 5.56 Å². The predicted molar refractivity (Wildman–Crippen MR) is 77.8 cm³/mol. The molecule has 0 radical (unpaired) electrons. The molecule has 0 spiro atoms. The summed E-state index contributed by atoms with van der Waals surface area (Å²) in [5.41, 5.74) is 1.18. The average Bonchev–Trinajstić information content (AvgIpc) is 2.44. The molecule has 0 aromatic heterocycles. The van der Waals surface area contributed by atoms with Crippen molar-refractivity contribution in [2.24, 2.45) is 0 Å². The van der Waals surface area contributed by atoms with E-state index in [-0.39, 0.29) is 12.1 Å². The molecule has 5 nitrogen and oxygen atoms in total. The van der Waals surface area contributed by atoms with Gasteiger partial charge in [-0.05, 0) is 19.4 Å². The summed E-state index contributed by atoms with van der Waals surface area (Å²) in [5, 5.41) is 23.3. The molecule has 2 fully saturated rings. The molecule has 0 amide bonds. The summed E-state index contributed by atoms with van der Waals surface area (Å²) in [6.45, 7) is 4.03. The van der Waals surface area contributed by atoms with Crippen LogP contribution in [-0.2, 0) is 15.9 Å². The van der Waals surface area contributed by atoms with E-state index in [9.17, 15) is 10.2 Å². The minimum absolute atomic E-state index is 0.108. The van der Waals surface area contributed by atoms with Gasteiger partial charge in [0.2, 0.25) is 0 Å². The lowest BCUT2D eigenvalue weighted by Gasteiger charge is -2.51. The first-order valence-electron chi connectivity index (χ1n) is 7.45. The second kappa shape index (κ2) is 5.66. The highest BCUT2D eigenvalue weighted by Crippen LogP contribution is 2.32. The van der Waals surface area contributed by atoms with Crippen LogP contribution in [0.25, 0.3) is 0 Å². The van der Waals surface area contributed by atoms with Gasteiger partial charge in [0.25, 0.3) is 0 Å². The van der Waals surface area contributed by atoms with E-state index in [0.29, 0.717) is 6.54 Å². The SMILES string of the molecule is CC1(C)OC(Cc2ccccc2)C2NCC(O)C(O)C2O1. The molecule has 0 saturated carbocycles. The van der Waals surface area contributed by atoms with Crippen molar-refractivity contribution in [2.45, 2.75) is 56.5 Å². The second-order valence-electron chi connectivity index (χ2n) is 6.32. The molecule has 1 aromatic carbocycles. The first-order chi connectivity index (χ1) is 9.96. The van der Waals surface area contributed by atoms with Crippen molar-refractivity contribution >= 4 is 0 Å². The van der Waals surface area contributed by atoms with E-state index in [0.717, 1.165) is 6.42 Å². The van der Waals surface area contributed by atoms with E-state index >= 15 is 0 Å². The molecule has 2 saturated heterocycles. The molecule has 5 heteroatoms. The van der Waals surface area contributed by atoms with Crippen LogP contribution in [0.1, 0.15) is 19.4 Å². The number of β-amino-alcohol motifs (C(OH)–C–C–N with tert-alkyl or cyclic N) is 1. The van der Waals surface area contributed by atoms with Gasteiger partial charge >= 0.3 is 0 Å². The lowest BCUT2D eigenvalue weighted by molar-refractivity contribution is -0.333. The Morgan fingerprint density at radius 3 is 2.62 bits per heavy atom. The molecule has 0 bridgehead atoms. The number of rotatable bonds is 2. The Bertz CT molecular complexity index is 478. The molecule has 1 aromatic rings. The highest BCUT2D eigenvalue weighted by molar-refractivity contribution is 5.17. The van der Waals surface area contributed by atoms with E-state index < -0.39 is 24.1 Å². The summed E-state index contributed by atoms with van der Waals surface area (Å²) in [6, 6.07) is 10.00. The zero-order chi connectivity index (χ0) is 15.0. The van der Waals surface area contributed by atoms with Crippen LogP contribution in [0.5, 0.6) is 0 Å². The molecular weight excluding hydrogens is 270 g/mol. The number of benzene rings is 1. The van der Waals surface area contributed by atoms with Gasteiger partial charge in [-0.15, -0.1) is 0 Å². The quantitative estimate of drug-likeness (QED) is 0.738. The number of fused-ring (bicyclic) bond motifs is 1. The van der Waals surface area contributed by atoms with Crippen LogP contribution in [0.2, 0.25) is 0 Å². The Labute approximate surface area is 124 Å². The number of hydrogen-bond acceptors (Lipinski definition) is 5. The van der Waals surface area contributed by atoms with Gasteiger partial charge in [0.05, 0.1) is 18.2 Å². The molecule has 5 atom stereocenters. The van der Waals surface area contributed by atoms with Gasteiger partial charge in [-0.25, -0.2) is 0 Å². The summed E-state index contributed by atoms with van der Waals surface area (Å²) in [4.78, 5) is 0. The minimum Gasteiger partial charge on any atom is -0.389 e. The number of aliphatic hydroxyl groups excluding tert-OH is 2. The van der Waals surface area contributed by atoms with Crippen LogP contribution in [0.15, 0.2) is 30.3 Å². The van der Waals surface area contributed by atoms with Crippen molar-refractivity contribution in [3.63, 3.8) is 0 Å². The van der Waals surface area contributed by atoms with Crippen molar-refractivity contribution in [1.29, 1.82) is 0 Å². The third kappa shape index (κ3) is 3.12. The summed E-state index contributed by atoms with van der Waals surface area (Å²) in [6.07, 6.45) is -1.53. The number of ether oxygens (including phenoxy) is 2. The van der Waals surface area contributed by atoms with Gasteiger partial charge in [0.15, 0.2) is 5.79 Å². The predicted octanol–water partition coefficient (Wildman–Crippen LogP) is 0.443. The molecule has 2 heterocycles. The Kier molecular flexibility index (Phi) is 4.03. The van der Waals surface area contributed by atoms with Crippen LogP contribution < -0.4 is 5.32 Å². The van der Waals surface area contributed by atoms with Crippen LogP contribution >= 0.6 is 0 Å². The van der Waals surface area contributed by atoms with Crippen molar-refractivity contribution in [3.05, 3.63) is 35.9 Å². The summed E-state index contributed by atoms with van der Waals surface area (Å²) in [5.74, 6) is -0.777. The van der Waals surface area contributed by atoms with Crippen LogP contribution in [0, 0.1) is 0 Å². The highest BCUT2D eigenvalue weighted by atomic mass is 16.7. The average molecular weight is 293 g/mol. The van der Waals surface area contributed by atoms with Gasteiger partial charge in [-0.1, -0.05) is 30.3 Å². The molecular formula is C16H23NO4. The molecule has 5 unspecified atom stereocenters. The lowest BCUT2D eigenvalue weighted by Crippen LogP contribution is -2.70. The fourth-order valence-electron chi connectivity index (χ4n) is 3.22. The summed E-state index contributed by atoms with van der Waals surface area (Å²) in [7, 11) is 0. The summed E-state index contributed by atoms with van der Waals surface area (Å²) >= 11 is 0. The fraction of sp³-hybridized carbons (Fsp3) is 0.625. The maximum Gasteiger partial charge on any atom is 0.163 e. The second-order valence-corrected chi connectivity index (χ2v) is 6.32. The Morgan fingerprint density at radius 1 is 1.19 bits per heavy atom. The monoisotopic (exact) mass is 293 g/mol. The molecule has 21 heavy (non-hydrogen) atoms. The van der Waals surface area contributed by atoms with Gasteiger partial charge in [0, 0.05) is 13.0 Å². The fourth-order valence-corrected chi connectivity index (χ4v) is 3.22. The normalized spacial score (nSPS) is 38.8. The lowest BCUT2D eigenvalue weighted by atomic mass is 9.88. The van der Waals surface area contributed by atoms with Crippen LogP contribution in [0.4, 0.5) is 0 Å². The third-order valence-electron chi connectivity index (χ3n) is 4.18. The van der Waals surface area contributed by atoms with Crippen LogP contribution in [0.3, 0.4) is 0 Å². The molecule has 2 aliphatic rings. The molecule has 2 aliphatic heterocycles. The number of nitrogens with one attached hydrogen (secondary N) is 1. The zero-order valence-corrected chi connectivity index (χ0v) is 12.4. The topological polar surface area (TPSA) is 71.0 Å². The Hall–Kier alpha value is -0.980. The third-order valence-corrected chi connectivity index (χ3v) is 4.18. The minimum atomic E-state index is -0.891. The first kappa shape index (κ1) is 14.9. The zero-order valence-electron chi connectivity index (χ0n) is 12.4. The van der Waals surface area contributed by atoms with E-state index in [1.807, 2.05) is 32.0 Å². The van der Waals surface area contributed by atoms with Gasteiger partial charge < -0.3 is 25.0 Å². The van der Waals surface area contributed by atoms with Gasteiger partial charge in [-0.3, -0.25) is 0 Å². The van der Waals surface area contributed by atoms with Crippen molar-refractivity contribution in [1.82, 2.24) is 5.32 Å². The van der Waals surface area contributed by atoms with Crippen molar-refractivity contribution in [2.75, 3.05) is 6.54 Å². The summed E-state index contributed by atoms with van der Waals surface area (Å²) < 4.78 is 11.9. The van der Waals surface area contributed by atoms with E-state index in [2.05, 4.69) is 17.4 Å². The van der Waals surface area contributed by atoms with E-state index in [4.69, 9.17) is 9.47 Å². The maximum absolute atomic E-state index is 10.2. The first-order valence-corrected chi connectivity index (χ1v) is 7.45. The number of aliphatic hydroxyl groups is 2. The van der Waals surface area contributed by atoms with Crippen LogP contribution in [-0.4, -0.2) is 53.0 Å². The molecule has 3 rings (SSSR count). The molecule has 0 aliphatic carbocycles. The smallest absolute Gasteiger partial charge is 0.163 e. The number of hydrogen-bond donors (Lipinski definition) is 3. The van der Waals surface area contributed by atoms with Crippen molar-refractivity contribution in [3.8, 4) is 0 Å². The Balaban J connectivity index is 1.81. The maximum atomic E-state index is 10.2. The largest absolute Gasteiger partial charge is 0.389 e.